The Balaban J connectivity index is 1.97. The molecule has 0 aliphatic heterocycles. The van der Waals surface area contributed by atoms with E-state index in [0.717, 1.165) is 24.6 Å². The van der Waals surface area contributed by atoms with Gasteiger partial charge >= 0.3 is 11.6 Å². The minimum atomic E-state index is -0.416. The molecule has 0 radical (unpaired) electrons. The van der Waals surface area contributed by atoms with Crippen LogP contribution in [0.1, 0.15) is 46.0 Å². The lowest BCUT2D eigenvalue weighted by atomic mass is 10.0. The first-order valence-electron chi connectivity index (χ1n) is 7.85. The Kier molecular flexibility index (Phi) is 5.75. The van der Waals surface area contributed by atoms with Crippen LogP contribution < -0.4 is 10.4 Å². The molecule has 2 rings (SSSR count). The van der Waals surface area contributed by atoms with E-state index in [1.54, 1.807) is 24.3 Å². The number of benzene rings is 1. The van der Waals surface area contributed by atoms with Crippen LogP contribution in [0.2, 0.25) is 0 Å². The van der Waals surface area contributed by atoms with Gasteiger partial charge < -0.3 is 9.15 Å². The van der Waals surface area contributed by atoms with Crippen molar-refractivity contribution in [2.75, 3.05) is 0 Å². The molecule has 0 spiro atoms. The quantitative estimate of drug-likeness (QED) is 0.331. The Hall–Kier alpha value is -2.10. The molecular weight excluding hydrogens is 280 g/mol. The van der Waals surface area contributed by atoms with Crippen molar-refractivity contribution >= 4 is 16.9 Å². The molecule has 1 unspecified atom stereocenters. The molecule has 0 amide bonds. The first-order valence-corrected chi connectivity index (χ1v) is 7.85. The van der Waals surface area contributed by atoms with Crippen LogP contribution >= 0.6 is 0 Å². The SMILES string of the molecule is CCCCCCC(C)C(=O)Oc1ccc2ccc(=O)oc2c1. The van der Waals surface area contributed by atoms with Crippen LogP contribution in [-0.4, -0.2) is 5.97 Å². The third kappa shape index (κ3) is 4.45. The van der Waals surface area contributed by atoms with Crippen molar-refractivity contribution in [1.82, 2.24) is 0 Å². The van der Waals surface area contributed by atoms with Gasteiger partial charge in [-0.25, -0.2) is 4.79 Å². The summed E-state index contributed by atoms with van der Waals surface area (Å²) in [4.78, 5) is 23.3. The largest absolute Gasteiger partial charge is 0.426 e. The molecule has 0 fully saturated rings. The molecule has 1 heterocycles. The van der Waals surface area contributed by atoms with Crippen molar-refractivity contribution in [3.63, 3.8) is 0 Å². The van der Waals surface area contributed by atoms with Gasteiger partial charge in [-0.05, 0) is 24.6 Å². The van der Waals surface area contributed by atoms with Crippen LogP contribution in [0.5, 0.6) is 5.75 Å². The zero-order chi connectivity index (χ0) is 15.9. The van der Waals surface area contributed by atoms with Crippen LogP contribution in [0.15, 0.2) is 39.5 Å². The molecule has 0 aliphatic rings. The maximum atomic E-state index is 12.1. The van der Waals surface area contributed by atoms with Crippen molar-refractivity contribution in [3.05, 3.63) is 40.8 Å². The van der Waals surface area contributed by atoms with Gasteiger partial charge in [0.25, 0.3) is 0 Å². The smallest absolute Gasteiger partial charge is 0.336 e. The molecular formula is C18H22O4. The van der Waals surface area contributed by atoms with Gasteiger partial charge in [-0.3, -0.25) is 4.79 Å². The van der Waals surface area contributed by atoms with E-state index >= 15 is 0 Å². The van der Waals surface area contributed by atoms with E-state index in [9.17, 15) is 9.59 Å². The second-order valence-electron chi connectivity index (χ2n) is 5.63. The number of fused-ring (bicyclic) bond motifs is 1. The lowest BCUT2D eigenvalue weighted by Crippen LogP contribution is -2.17. The van der Waals surface area contributed by atoms with Crippen molar-refractivity contribution in [2.24, 2.45) is 5.92 Å². The summed E-state index contributed by atoms with van der Waals surface area (Å²) in [5.41, 5.74) is 0.00803. The van der Waals surface area contributed by atoms with Crippen molar-refractivity contribution in [2.45, 2.75) is 46.0 Å². The number of unbranched alkanes of at least 4 members (excludes halogenated alkanes) is 3. The van der Waals surface area contributed by atoms with Crippen LogP contribution in [0.25, 0.3) is 11.0 Å². The molecule has 0 aliphatic carbocycles. The van der Waals surface area contributed by atoms with Crippen LogP contribution in [0.3, 0.4) is 0 Å². The summed E-state index contributed by atoms with van der Waals surface area (Å²) in [5, 5.41) is 0.798. The Morgan fingerprint density at radius 3 is 2.73 bits per heavy atom. The Bertz CT molecular complexity index is 687. The molecule has 1 atom stereocenters. The number of esters is 1. The van der Waals surface area contributed by atoms with Gasteiger partial charge in [0.2, 0.25) is 0 Å². The molecule has 0 saturated heterocycles. The third-order valence-corrected chi connectivity index (χ3v) is 3.71. The molecule has 0 N–H and O–H groups in total. The number of carbonyl (C=O) groups is 1. The molecule has 1 aromatic carbocycles. The summed E-state index contributed by atoms with van der Waals surface area (Å²) in [6.45, 7) is 4.05. The van der Waals surface area contributed by atoms with Gasteiger partial charge in [0.1, 0.15) is 11.3 Å². The summed E-state index contributed by atoms with van der Waals surface area (Å²) in [5.74, 6) is 0.0386. The monoisotopic (exact) mass is 302 g/mol. The highest BCUT2D eigenvalue weighted by molar-refractivity contribution is 5.80. The first kappa shape index (κ1) is 16.3. The molecule has 2 aromatic rings. The maximum absolute atomic E-state index is 12.1. The second kappa shape index (κ2) is 7.78. The van der Waals surface area contributed by atoms with Crippen molar-refractivity contribution < 1.29 is 13.9 Å². The van der Waals surface area contributed by atoms with E-state index in [-0.39, 0.29) is 11.9 Å². The lowest BCUT2D eigenvalue weighted by Gasteiger charge is -2.11. The fourth-order valence-corrected chi connectivity index (χ4v) is 2.32. The Morgan fingerprint density at radius 2 is 1.95 bits per heavy atom. The summed E-state index contributed by atoms with van der Waals surface area (Å²) < 4.78 is 10.5. The number of ether oxygens (including phenoxy) is 1. The fourth-order valence-electron chi connectivity index (χ4n) is 2.32. The molecule has 22 heavy (non-hydrogen) atoms. The second-order valence-corrected chi connectivity index (χ2v) is 5.63. The molecule has 4 heteroatoms. The number of carbonyl (C=O) groups excluding carboxylic acids is 1. The number of hydrogen-bond acceptors (Lipinski definition) is 4. The summed E-state index contributed by atoms with van der Waals surface area (Å²) in [6, 6.07) is 8.12. The van der Waals surface area contributed by atoms with Crippen LogP contribution in [0, 0.1) is 5.92 Å². The number of hydrogen-bond donors (Lipinski definition) is 0. The highest BCUT2D eigenvalue weighted by Crippen LogP contribution is 2.21. The van der Waals surface area contributed by atoms with E-state index in [4.69, 9.17) is 9.15 Å². The Labute approximate surface area is 130 Å². The van der Waals surface area contributed by atoms with Gasteiger partial charge in [0.05, 0.1) is 5.92 Å². The van der Waals surface area contributed by atoms with Crippen LogP contribution in [-0.2, 0) is 4.79 Å². The highest BCUT2D eigenvalue weighted by Gasteiger charge is 2.15. The van der Waals surface area contributed by atoms with Crippen molar-refractivity contribution in [1.29, 1.82) is 0 Å². The third-order valence-electron chi connectivity index (χ3n) is 3.71. The molecule has 118 valence electrons. The molecule has 0 saturated carbocycles. The maximum Gasteiger partial charge on any atom is 0.336 e. The summed E-state index contributed by atoms with van der Waals surface area (Å²) in [6.07, 6.45) is 5.40. The van der Waals surface area contributed by atoms with E-state index in [1.165, 1.54) is 18.9 Å². The van der Waals surface area contributed by atoms with E-state index in [0.29, 0.717) is 11.3 Å². The topological polar surface area (TPSA) is 56.5 Å². The van der Waals surface area contributed by atoms with Gasteiger partial charge in [-0.2, -0.15) is 0 Å². The molecule has 4 nitrogen and oxygen atoms in total. The zero-order valence-corrected chi connectivity index (χ0v) is 13.1. The average molecular weight is 302 g/mol. The standard InChI is InChI=1S/C18H22O4/c1-3-4-5-6-7-13(2)18(20)21-15-10-8-14-9-11-17(19)22-16(14)12-15/h8-13H,3-7H2,1-2H3. The van der Waals surface area contributed by atoms with Crippen LogP contribution in [0.4, 0.5) is 0 Å². The van der Waals surface area contributed by atoms with Gasteiger partial charge in [-0.1, -0.05) is 39.5 Å². The van der Waals surface area contributed by atoms with E-state index < -0.39 is 5.63 Å². The van der Waals surface area contributed by atoms with Gasteiger partial charge in [0, 0.05) is 17.5 Å². The predicted octanol–water partition coefficient (Wildman–Crippen LogP) is 4.30. The molecule has 0 bridgehead atoms. The zero-order valence-electron chi connectivity index (χ0n) is 13.1. The normalized spacial score (nSPS) is 12.3. The lowest BCUT2D eigenvalue weighted by molar-refractivity contribution is -0.138. The minimum Gasteiger partial charge on any atom is -0.426 e. The van der Waals surface area contributed by atoms with E-state index in [2.05, 4.69) is 6.92 Å². The minimum absolute atomic E-state index is 0.129. The average Bonchev–Trinajstić information content (AvgIpc) is 2.51. The summed E-state index contributed by atoms with van der Waals surface area (Å²) in [7, 11) is 0. The fraction of sp³-hybridized carbons (Fsp3) is 0.444. The summed E-state index contributed by atoms with van der Waals surface area (Å²) >= 11 is 0. The van der Waals surface area contributed by atoms with Crippen molar-refractivity contribution in [3.8, 4) is 5.75 Å². The van der Waals surface area contributed by atoms with Gasteiger partial charge in [-0.15, -0.1) is 0 Å². The predicted molar refractivity (Wildman–Crippen MR) is 86.0 cm³/mol. The first-order chi connectivity index (χ1) is 10.6. The Morgan fingerprint density at radius 1 is 1.18 bits per heavy atom. The highest BCUT2D eigenvalue weighted by atomic mass is 16.5. The van der Waals surface area contributed by atoms with E-state index in [1.807, 2.05) is 6.92 Å². The number of rotatable bonds is 7. The van der Waals surface area contributed by atoms with Gasteiger partial charge in [0.15, 0.2) is 0 Å². The molecule has 1 aromatic heterocycles.